The van der Waals surface area contributed by atoms with E-state index >= 15 is 0 Å². The van der Waals surface area contributed by atoms with Crippen molar-refractivity contribution in [1.82, 2.24) is 14.9 Å². The van der Waals surface area contributed by atoms with E-state index in [2.05, 4.69) is 10.6 Å². The lowest BCUT2D eigenvalue weighted by Gasteiger charge is -2.19. The molecule has 2 aliphatic heterocycles. The summed E-state index contributed by atoms with van der Waals surface area (Å²) < 4.78 is 28.6. The molecule has 13 heteroatoms. The third-order valence-electron chi connectivity index (χ3n) is 7.40. The number of hydrogen-bond donors (Lipinski definition) is 2. The van der Waals surface area contributed by atoms with Crippen molar-refractivity contribution in [2.45, 2.75) is 49.7 Å². The van der Waals surface area contributed by atoms with Crippen molar-refractivity contribution in [3.63, 3.8) is 0 Å². The van der Waals surface area contributed by atoms with Gasteiger partial charge in [0.2, 0.25) is 25.4 Å². The number of benzene rings is 3. The number of thioether (sulfide) groups is 1. The Morgan fingerprint density at radius 1 is 1.00 bits per heavy atom. The lowest BCUT2D eigenvalue weighted by Crippen LogP contribution is -2.29. The van der Waals surface area contributed by atoms with Crippen LogP contribution in [0, 0.1) is 0 Å². The number of carbonyl (C=O) groups excluding carboxylic acids is 2. The van der Waals surface area contributed by atoms with Crippen LogP contribution >= 0.6 is 11.8 Å². The molecule has 12 nitrogen and oxygen atoms in total. The highest BCUT2D eigenvalue weighted by Gasteiger charge is 2.25. The number of methoxy groups -OCH3 is 1. The second kappa shape index (κ2) is 13.4. The quantitative estimate of drug-likeness (QED) is 0.170. The van der Waals surface area contributed by atoms with Crippen LogP contribution in [0.25, 0.3) is 10.9 Å². The zero-order chi connectivity index (χ0) is 31.3. The molecule has 0 unspecified atom stereocenters. The normalized spacial score (nSPS) is 13.5. The molecule has 234 valence electrons. The van der Waals surface area contributed by atoms with Crippen LogP contribution < -0.4 is 39.9 Å². The van der Waals surface area contributed by atoms with Crippen LogP contribution in [0.15, 0.2) is 64.5 Å². The van der Waals surface area contributed by atoms with Gasteiger partial charge in [-0.15, -0.1) is 0 Å². The highest BCUT2D eigenvalue weighted by atomic mass is 32.2. The Morgan fingerprint density at radius 3 is 2.51 bits per heavy atom. The molecule has 0 saturated heterocycles. The Hall–Kier alpha value is -4.91. The number of para-hydroxylation sites is 2. The number of ether oxygens (including phenoxy) is 5. The number of aromatic nitrogens is 2. The third-order valence-corrected chi connectivity index (χ3v) is 8.76. The van der Waals surface area contributed by atoms with Gasteiger partial charge in [0.25, 0.3) is 5.56 Å². The molecule has 4 aromatic rings. The highest BCUT2D eigenvalue weighted by molar-refractivity contribution is 8.00. The monoisotopic (exact) mass is 632 g/mol. The molecule has 0 aliphatic carbocycles. The maximum atomic E-state index is 13.8. The van der Waals surface area contributed by atoms with Crippen LogP contribution in [-0.4, -0.2) is 47.3 Å². The molecular formula is C32H32N4O8S. The van der Waals surface area contributed by atoms with Gasteiger partial charge in [-0.2, -0.15) is 0 Å². The smallest absolute Gasteiger partial charge is 0.262 e. The van der Waals surface area contributed by atoms with Gasteiger partial charge < -0.3 is 34.3 Å². The molecule has 2 aliphatic rings. The van der Waals surface area contributed by atoms with Gasteiger partial charge in [-0.25, -0.2) is 4.98 Å². The zero-order valence-corrected chi connectivity index (χ0v) is 25.6. The number of amides is 2. The minimum Gasteiger partial charge on any atom is -0.495 e. The number of anilines is 1. The van der Waals surface area contributed by atoms with Crippen molar-refractivity contribution in [1.29, 1.82) is 0 Å². The number of hydrogen-bond acceptors (Lipinski definition) is 10. The van der Waals surface area contributed by atoms with Crippen LogP contribution in [0.3, 0.4) is 0 Å². The molecule has 45 heavy (non-hydrogen) atoms. The van der Waals surface area contributed by atoms with E-state index in [1.54, 1.807) is 24.3 Å². The first-order valence-corrected chi connectivity index (χ1v) is 15.4. The van der Waals surface area contributed by atoms with Crippen LogP contribution in [0.2, 0.25) is 0 Å². The van der Waals surface area contributed by atoms with E-state index in [-0.39, 0.29) is 43.9 Å². The summed E-state index contributed by atoms with van der Waals surface area (Å²) in [4.78, 5) is 44.7. The first kappa shape index (κ1) is 30.1. The molecule has 2 N–H and O–H groups in total. The van der Waals surface area contributed by atoms with Crippen molar-refractivity contribution in [3.05, 3.63) is 70.5 Å². The standard InChI is InChI=1S/C32H32N4O8S/c1-3-28(30(38)34-21-7-4-5-8-23(21)40-2)45-32-35-22-15-27-26(43-18-44-27)14-20(22)31(39)36(32)12-6-9-29(37)33-16-19-10-11-24-25(13-19)42-17-41-24/h4-5,7-8,10-11,13-15,28H,3,6,9,12,16-18H2,1-2H3,(H,33,37)(H,34,38)/t28-/m1/s1. The van der Waals surface area contributed by atoms with Crippen molar-refractivity contribution in [3.8, 4) is 28.7 Å². The zero-order valence-electron chi connectivity index (χ0n) is 24.8. The molecule has 1 aromatic heterocycles. The summed E-state index contributed by atoms with van der Waals surface area (Å²) in [7, 11) is 1.54. The van der Waals surface area contributed by atoms with Gasteiger partial charge in [-0.05, 0) is 48.7 Å². The molecule has 2 amide bonds. The van der Waals surface area contributed by atoms with Gasteiger partial charge in [0.15, 0.2) is 28.2 Å². The van der Waals surface area contributed by atoms with E-state index in [1.807, 2.05) is 37.3 Å². The summed E-state index contributed by atoms with van der Waals surface area (Å²) in [5.74, 6) is 2.44. The lowest BCUT2D eigenvalue weighted by atomic mass is 10.2. The summed E-state index contributed by atoms with van der Waals surface area (Å²) in [6.07, 6.45) is 1.04. The molecule has 0 bridgehead atoms. The number of rotatable bonds is 12. The summed E-state index contributed by atoms with van der Waals surface area (Å²) in [6.45, 7) is 2.69. The Labute approximate surface area is 263 Å². The molecule has 0 saturated carbocycles. The van der Waals surface area contributed by atoms with Crippen molar-refractivity contribution in [2.24, 2.45) is 0 Å². The molecule has 0 spiro atoms. The summed E-state index contributed by atoms with van der Waals surface area (Å²) in [6, 6.07) is 16.0. The number of nitrogens with zero attached hydrogens (tertiary/aromatic N) is 2. The van der Waals surface area contributed by atoms with E-state index in [0.29, 0.717) is 69.9 Å². The Bertz CT molecular complexity index is 1810. The molecular weight excluding hydrogens is 600 g/mol. The summed E-state index contributed by atoms with van der Waals surface area (Å²) >= 11 is 1.20. The van der Waals surface area contributed by atoms with Crippen molar-refractivity contribution in [2.75, 3.05) is 26.0 Å². The number of nitrogens with one attached hydrogen (secondary N) is 2. The highest BCUT2D eigenvalue weighted by Crippen LogP contribution is 2.36. The van der Waals surface area contributed by atoms with Crippen LogP contribution in [-0.2, 0) is 22.7 Å². The van der Waals surface area contributed by atoms with Gasteiger partial charge in [-0.1, -0.05) is 36.9 Å². The van der Waals surface area contributed by atoms with Gasteiger partial charge in [0.1, 0.15) is 5.75 Å². The topological polar surface area (TPSA) is 139 Å². The van der Waals surface area contributed by atoms with Gasteiger partial charge >= 0.3 is 0 Å². The third kappa shape index (κ3) is 6.63. The summed E-state index contributed by atoms with van der Waals surface area (Å²) in [5, 5.41) is 6.02. The molecule has 6 rings (SSSR count). The fourth-order valence-electron chi connectivity index (χ4n) is 5.03. The van der Waals surface area contributed by atoms with Crippen LogP contribution in [0.5, 0.6) is 28.7 Å². The van der Waals surface area contributed by atoms with Gasteiger partial charge in [0.05, 0.1) is 29.0 Å². The van der Waals surface area contributed by atoms with Crippen LogP contribution in [0.1, 0.15) is 31.7 Å². The SMILES string of the molecule is CC[C@@H](Sc1nc2cc3c(cc2c(=O)n1CCCC(=O)NCc1ccc2c(c1)OCO2)OCO3)C(=O)Nc1ccccc1OC. The van der Waals surface area contributed by atoms with E-state index < -0.39 is 5.25 Å². The van der Waals surface area contributed by atoms with Crippen LogP contribution in [0.4, 0.5) is 5.69 Å². The van der Waals surface area contributed by atoms with Crippen molar-refractivity contribution >= 4 is 40.2 Å². The van der Waals surface area contributed by atoms with Gasteiger partial charge in [-0.3, -0.25) is 19.0 Å². The predicted octanol–water partition coefficient (Wildman–Crippen LogP) is 4.47. The Kier molecular flexibility index (Phi) is 8.96. The largest absolute Gasteiger partial charge is 0.495 e. The minimum absolute atomic E-state index is 0.0594. The molecule has 0 radical (unpaired) electrons. The predicted molar refractivity (Wildman–Crippen MR) is 167 cm³/mol. The molecule has 0 fully saturated rings. The molecule has 1 atom stereocenters. The maximum Gasteiger partial charge on any atom is 0.262 e. The second-order valence-electron chi connectivity index (χ2n) is 10.3. The Balaban J connectivity index is 1.19. The first-order chi connectivity index (χ1) is 21.9. The first-order valence-electron chi connectivity index (χ1n) is 14.5. The fraction of sp³-hybridized carbons (Fsp3) is 0.312. The Morgan fingerprint density at radius 2 is 1.73 bits per heavy atom. The summed E-state index contributed by atoms with van der Waals surface area (Å²) in [5.41, 5.74) is 1.58. The van der Waals surface area contributed by atoms with E-state index in [4.69, 9.17) is 28.7 Å². The van der Waals surface area contributed by atoms with E-state index in [9.17, 15) is 14.4 Å². The van der Waals surface area contributed by atoms with Crippen molar-refractivity contribution < 1.29 is 33.3 Å². The lowest BCUT2D eigenvalue weighted by molar-refractivity contribution is -0.121. The second-order valence-corrected chi connectivity index (χ2v) is 11.5. The van der Waals surface area contributed by atoms with E-state index in [1.165, 1.54) is 23.4 Å². The number of fused-ring (bicyclic) bond motifs is 3. The maximum absolute atomic E-state index is 13.8. The van der Waals surface area contributed by atoms with Gasteiger partial charge in [0, 0.05) is 25.6 Å². The molecule has 3 heterocycles. The molecule has 3 aromatic carbocycles. The van der Waals surface area contributed by atoms with E-state index in [0.717, 1.165) is 5.56 Å². The average Bonchev–Trinajstić information content (AvgIpc) is 3.72. The number of carbonyl (C=O) groups is 2. The minimum atomic E-state index is -0.565. The average molecular weight is 633 g/mol. The fourth-order valence-corrected chi connectivity index (χ4v) is 6.07.